The van der Waals surface area contributed by atoms with Gasteiger partial charge >= 0.3 is 5.92 Å². The lowest BCUT2D eigenvalue weighted by molar-refractivity contribution is -0.00748. The van der Waals surface area contributed by atoms with E-state index in [-0.39, 0.29) is 0 Å². The van der Waals surface area contributed by atoms with E-state index in [0.717, 1.165) is 0 Å². The smallest absolute Gasteiger partial charge is 0.334 e. The zero-order valence-electron chi connectivity index (χ0n) is 3.83. The van der Waals surface area contributed by atoms with Gasteiger partial charge in [0, 0.05) is 0 Å². The van der Waals surface area contributed by atoms with E-state index in [1.54, 1.807) is 0 Å². The molecule has 4 heteroatoms. The number of halogens is 3. The Kier molecular flexibility index (Phi) is 0.957. The molecule has 0 aliphatic carbocycles. The lowest BCUT2D eigenvalue weighted by Crippen LogP contribution is -2.17. The number of alkyl halides is 2. The quantitative estimate of drug-likeness (QED) is 0.475. The highest BCUT2D eigenvalue weighted by Crippen LogP contribution is 2.29. The largest absolute Gasteiger partial charge is 0.491 e. The first-order chi connectivity index (χ1) is 3.63. The predicted octanol–water partition coefficient (Wildman–Crippen LogP) is 1.46. The van der Waals surface area contributed by atoms with Crippen molar-refractivity contribution in [3.8, 4) is 0 Å². The molecule has 46 valence electrons. The van der Waals surface area contributed by atoms with Crippen molar-refractivity contribution < 1.29 is 17.9 Å². The molecule has 0 saturated carbocycles. The molecule has 1 aliphatic rings. The van der Waals surface area contributed by atoms with E-state index in [1.807, 2.05) is 0 Å². The van der Waals surface area contributed by atoms with Crippen LogP contribution < -0.4 is 0 Å². The molecule has 0 N–H and O–H groups in total. The second-order valence-corrected chi connectivity index (χ2v) is 1.48. The maximum absolute atomic E-state index is 11.8. The number of hydrogen-bond donors (Lipinski definition) is 0. The summed E-state index contributed by atoms with van der Waals surface area (Å²) in [4.78, 5) is 0. The standard InChI is InChI=1S/C4H3F3O/c5-3-1-8-2-4(3,6)7/h1H,2H2. The van der Waals surface area contributed by atoms with Crippen LogP contribution in [-0.2, 0) is 4.74 Å². The molecule has 1 nitrogen and oxygen atoms in total. The van der Waals surface area contributed by atoms with Crippen LogP contribution in [0.1, 0.15) is 0 Å². The molecule has 0 spiro atoms. The molecular weight excluding hydrogens is 121 g/mol. The summed E-state index contributed by atoms with van der Waals surface area (Å²) in [6, 6.07) is 0. The first-order valence-electron chi connectivity index (χ1n) is 1.98. The molecule has 0 unspecified atom stereocenters. The monoisotopic (exact) mass is 124 g/mol. The van der Waals surface area contributed by atoms with Gasteiger partial charge in [0.25, 0.3) is 0 Å². The second kappa shape index (κ2) is 1.40. The van der Waals surface area contributed by atoms with Gasteiger partial charge in [-0.3, -0.25) is 0 Å². The summed E-state index contributed by atoms with van der Waals surface area (Å²) in [6.07, 6.45) is 0.431. The van der Waals surface area contributed by atoms with Crippen molar-refractivity contribution in [1.82, 2.24) is 0 Å². The molecular formula is C4H3F3O. The summed E-state index contributed by atoms with van der Waals surface area (Å²) in [5, 5.41) is 0. The zero-order valence-corrected chi connectivity index (χ0v) is 3.83. The fraction of sp³-hybridized carbons (Fsp3) is 0.500. The minimum Gasteiger partial charge on any atom is -0.491 e. The molecule has 0 atom stereocenters. The van der Waals surface area contributed by atoms with Crippen LogP contribution in [0.25, 0.3) is 0 Å². The van der Waals surface area contributed by atoms with Crippen molar-refractivity contribution in [2.24, 2.45) is 0 Å². The van der Waals surface area contributed by atoms with Crippen LogP contribution in [0.3, 0.4) is 0 Å². The third-order valence-electron chi connectivity index (χ3n) is 0.801. The van der Waals surface area contributed by atoms with E-state index in [9.17, 15) is 13.2 Å². The molecule has 0 aromatic rings. The van der Waals surface area contributed by atoms with E-state index >= 15 is 0 Å². The van der Waals surface area contributed by atoms with Gasteiger partial charge in [0.15, 0.2) is 6.61 Å². The molecule has 8 heavy (non-hydrogen) atoms. The minimum atomic E-state index is -3.38. The molecule has 0 amide bonds. The number of hydrogen-bond acceptors (Lipinski definition) is 1. The summed E-state index contributed by atoms with van der Waals surface area (Å²) >= 11 is 0. The van der Waals surface area contributed by atoms with Crippen molar-refractivity contribution in [3.05, 3.63) is 12.1 Å². The van der Waals surface area contributed by atoms with Gasteiger partial charge in [0.05, 0.1) is 0 Å². The van der Waals surface area contributed by atoms with Gasteiger partial charge in [-0.1, -0.05) is 0 Å². The fourth-order valence-corrected chi connectivity index (χ4v) is 0.375. The molecule has 1 aliphatic heterocycles. The van der Waals surface area contributed by atoms with E-state index in [1.165, 1.54) is 0 Å². The highest BCUT2D eigenvalue weighted by atomic mass is 19.3. The summed E-state index contributed by atoms with van der Waals surface area (Å²) in [6.45, 7) is -0.862. The Bertz CT molecular complexity index is 129. The van der Waals surface area contributed by atoms with Gasteiger partial charge in [0.1, 0.15) is 6.26 Å². The van der Waals surface area contributed by atoms with Crippen molar-refractivity contribution in [3.63, 3.8) is 0 Å². The lowest BCUT2D eigenvalue weighted by atomic mass is 10.4. The third kappa shape index (κ3) is 0.657. The normalized spacial score (nSPS) is 24.6. The summed E-state index contributed by atoms with van der Waals surface area (Å²) in [5.41, 5.74) is 0. The molecule has 0 radical (unpaired) electrons. The third-order valence-corrected chi connectivity index (χ3v) is 0.801. The average molecular weight is 124 g/mol. The van der Waals surface area contributed by atoms with Crippen molar-refractivity contribution in [2.75, 3.05) is 6.61 Å². The maximum Gasteiger partial charge on any atom is 0.334 e. The van der Waals surface area contributed by atoms with Crippen LogP contribution in [0.2, 0.25) is 0 Å². The molecule has 0 saturated heterocycles. The van der Waals surface area contributed by atoms with Crippen molar-refractivity contribution in [1.29, 1.82) is 0 Å². The van der Waals surface area contributed by atoms with Gasteiger partial charge in [-0.25, -0.2) is 4.39 Å². The fourth-order valence-electron chi connectivity index (χ4n) is 0.375. The molecule has 0 fully saturated rings. The van der Waals surface area contributed by atoms with E-state index in [0.29, 0.717) is 6.26 Å². The number of ether oxygens (including phenoxy) is 1. The molecule has 1 rings (SSSR count). The lowest BCUT2D eigenvalue weighted by Gasteiger charge is -2.02. The van der Waals surface area contributed by atoms with Gasteiger partial charge in [-0.05, 0) is 0 Å². The minimum absolute atomic E-state index is 0.431. The van der Waals surface area contributed by atoms with E-state index in [4.69, 9.17) is 0 Å². The van der Waals surface area contributed by atoms with Crippen molar-refractivity contribution >= 4 is 0 Å². The molecule has 0 aromatic carbocycles. The molecule has 0 bridgehead atoms. The Hall–Kier alpha value is -0.670. The highest BCUT2D eigenvalue weighted by molar-refractivity contribution is 5.05. The number of rotatable bonds is 0. The molecule has 0 aromatic heterocycles. The Morgan fingerprint density at radius 3 is 2.38 bits per heavy atom. The van der Waals surface area contributed by atoms with Crippen LogP contribution in [0, 0.1) is 0 Å². The van der Waals surface area contributed by atoms with Crippen LogP contribution >= 0.6 is 0 Å². The maximum atomic E-state index is 11.8. The van der Waals surface area contributed by atoms with Crippen LogP contribution in [-0.4, -0.2) is 12.5 Å². The van der Waals surface area contributed by atoms with E-state index in [2.05, 4.69) is 4.74 Å². The van der Waals surface area contributed by atoms with Crippen molar-refractivity contribution in [2.45, 2.75) is 5.92 Å². The van der Waals surface area contributed by atoms with Crippen LogP contribution in [0.15, 0.2) is 12.1 Å². The Morgan fingerprint density at radius 1 is 1.62 bits per heavy atom. The first-order valence-corrected chi connectivity index (χ1v) is 1.98. The molecule has 1 heterocycles. The second-order valence-electron chi connectivity index (χ2n) is 1.48. The average Bonchev–Trinajstić information content (AvgIpc) is 1.86. The van der Waals surface area contributed by atoms with Gasteiger partial charge in [0.2, 0.25) is 5.83 Å². The Labute approximate surface area is 43.7 Å². The van der Waals surface area contributed by atoms with Gasteiger partial charge in [-0.15, -0.1) is 0 Å². The van der Waals surface area contributed by atoms with Crippen LogP contribution in [0.4, 0.5) is 13.2 Å². The predicted molar refractivity (Wildman–Crippen MR) is 20.1 cm³/mol. The zero-order chi connectivity index (χ0) is 6.20. The summed E-state index contributed by atoms with van der Waals surface area (Å²) < 4.78 is 39.2. The van der Waals surface area contributed by atoms with Gasteiger partial charge < -0.3 is 4.74 Å². The summed E-state index contributed by atoms with van der Waals surface area (Å²) in [7, 11) is 0. The Balaban J connectivity index is 2.73. The topological polar surface area (TPSA) is 9.23 Å². The summed E-state index contributed by atoms with van der Waals surface area (Å²) in [5.74, 6) is -4.86. The highest BCUT2D eigenvalue weighted by Gasteiger charge is 2.40. The Morgan fingerprint density at radius 2 is 2.25 bits per heavy atom. The van der Waals surface area contributed by atoms with Crippen LogP contribution in [0.5, 0.6) is 0 Å². The first kappa shape index (κ1) is 5.47. The van der Waals surface area contributed by atoms with E-state index < -0.39 is 18.4 Å². The van der Waals surface area contributed by atoms with Gasteiger partial charge in [-0.2, -0.15) is 8.78 Å². The SMILES string of the molecule is FC1=COCC1(F)F.